The third-order valence-corrected chi connectivity index (χ3v) is 5.88. The lowest BCUT2D eigenvalue weighted by Crippen LogP contribution is -2.32. The normalized spacial score (nSPS) is 19.3. The Kier molecular flexibility index (Phi) is 4.76. The topological polar surface area (TPSA) is 49.4 Å². The van der Waals surface area contributed by atoms with E-state index in [4.69, 9.17) is 0 Å². The summed E-state index contributed by atoms with van der Waals surface area (Å²) in [5.41, 5.74) is 0.911. The molecule has 0 atom stereocenters. The van der Waals surface area contributed by atoms with Gasteiger partial charge in [-0.05, 0) is 23.5 Å². The molecule has 1 fully saturated rings. The molecule has 118 valence electrons. The van der Waals surface area contributed by atoms with Gasteiger partial charge < -0.3 is 5.32 Å². The van der Waals surface area contributed by atoms with E-state index in [2.05, 4.69) is 33.0 Å². The standard InChI is InChI=1S/C16H26N2O2S/c1-13(2)17-11-14-7-5-6-8-15(14)21(19,20)18-10-9-16(3,4)12-18/h5-8,13,17H,9-12H2,1-4H3. The van der Waals surface area contributed by atoms with Gasteiger partial charge in [0.15, 0.2) is 0 Å². The van der Waals surface area contributed by atoms with Crippen LogP contribution in [0.15, 0.2) is 29.2 Å². The van der Waals surface area contributed by atoms with Crippen LogP contribution >= 0.6 is 0 Å². The molecule has 1 aromatic rings. The van der Waals surface area contributed by atoms with Gasteiger partial charge >= 0.3 is 0 Å². The highest BCUT2D eigenvalue weighted by atomic mass is 32.2. The lowest BCUT2D eigenvalue weighted by Gasteiger charge is -2.21. The molecular weight excluding hydrogens is 284 g/mol. The SMILES string of the molecule is CC(C)NCc1ccccc1S(=O)(=O)N1CCC(C)(C)C1. The van der Waals surface area contributed by atoms with Crippen LogP contribution in [0.4, 0.5) is 0 Å². The zero-order valence-corrected chi connectivity index (χ0v) is 14.2. The number of nitrogens with zero attached hydrogens (tertiary/aromatic N) is 1. The average molecular weight is 310 g/mol. The smallest absolute Gasteiger partial charge is 0.243 e. The molecule has 0 unspecified atom stereocenters. The third kappa shape index (κ3) is 3.84. The van der Waals surface area contributed by atoms with Crippen LogP contribution in [0.5, 0.6) is 0 Å². The fourth-order valence-corrected chi connectivity index (χ4v) is 4.47. The van der Waals surface area contributed by atoms with E-state index < -0.39 is 10.0 Å². The zero-order valence-electron chi connectivity index (χ0n) is 13.4. The molecule has 0 aromatic heterocycles. The van der Waals surface area contributed by atoms with Crippen molar-refractivity contribution >= 4 is 10.0 Å². The summed E-state index contributed by atoms with van der Waals surface area (Å²) in [4.78, 5) is 0.441. The maximum atomic E-state index is 12.9. The van der Waals surface area contributed by atoms with Crippen molar-refractivity contribution in [3.05, 3.63) is 29.8 Å². The minimum atomic E-state index is -3.39. The highest BCUT2D eigenvalue weighted by molar-refractivity contribution is 7.89. The van der Waals surface area contributed by atoms with Gasteiger partial charge in [-0.1, -0.05) is 45.9 Å². The summed E-state index contributed by atoms with van der Waals surface area (Å²) in [5.74, 6) is 0. The number of hydrogen-bond acceptors (Lipinski definition) is 3. The first-order chi connectivity index (χ1) is 9.72. The van der Waals surface area contributed by atoms with Gasteiger partial charge in [0.1, 0.15) is 0 Å². The largest absolute Gasteiger partial charge is 0.310 e. The van der Waals surface area contributed by atoms with Crippen molar-refractivity contribution in [1.29, 1.82) is 0 Å². The summed E-state index contributed by atoms with van der Waals surface area (Å²) in [6.07, 6.45) is 0.915. The summed E-state index contributed by atoms with van der Waals surface area (Å²) in [5, 5.41) is 3.30. The summed E-state index contributed by atoms with van der Waals surface area (Å²) in [7, 11) is -3.39. The van der Waals surface area contributed by atoms with Crippen LogP contribution < -0.4 is 5.32 Å². The quantitative estimate of drug-likeness (QED) is 0.909. The molecule has 0 saturated carbocycles. The second kappa shape index (κ2) is 6.07. The van der Waals surface area contributed by atoms with Crippen molar-refractivity contribution in [1.82, 2.24) is 9.62 Å². The van der Waals surface area contributed by atoms with E-state index in [0.29, 0.717) is 30.6 Å². The van der Waals surface area contributed by atoms with E-state index in [1.807, 2.05) is 12.1 Å². The summed E-state index contributed by atoms with van der Waals surface area (Å²) in [6.45, 7) is 10.1. The number of benzene rings is 1. The van der Waals surface area contributed by atoms with Crippen LogP contribution in [0.25, 0.3) is 0 Å². The molecule has 0 aliphatic carbocycles. The van der Waals surface area contributed by atoms with E-state index in [9.17, 15) is 8.42 Å². The lowest BCUT2D eigenvalue weighted by molar-refractivity contribution is 0.375. The van der Waals surface area contributed by atoms with Gasteiger partial charge in [-0.3, -0.25) is 0 Å². The number of sulfonamides is 1. The second-order valence-corrected chi connectivity index (χ2v) is 8.80. The molecular formula is C16H26N2O2S. The fraction of sp³-hybridized carbons (Fsp3) is 0.625. The molecule has 4 nitrogen and oxygen atoms in total. The Bertz CT molecular complexity index is 594. The Balaban J connectivity index is 2.28. The van der Waals surface area contributed by atoms with Gasteiger partial charge in [0.2, 0.25) is 10.0 Å². The molecule has 1 N–H and O–H groups in total. The summed E-state index contributed by atoms with van der Waals surface area (Å²) < 4.78 is 27.4. The van der Waals surface area contributed by atoms with Crippen molar-refractivity contribution in [2.24, 2.45) is 5.41 Å². The third-order valence-electron chi connectivity index (χ3n) is 3.93. The molecule has 5 heteroatoms. The van der Waals surface area contributed by atoms with Crippen LogP contribution in [0.2, 0.25) is 0 Å². The van der Waals surface area contributed by atoms with Gasteiger partial charge in [0.25, 0.3) is 0 Å². The van der Waals surface area contributed by atoms with Crippen LogP contribution in [0, 0.1) is 5.41 Å². The molecule has 1 aliphatic rings. The van der Waals surface area contributed by atoms with Gasteiger partial charge in [-0.2, -0.15) is 4.31 Å². The van der Waals surface area contributed by atoms with Crippen molar-refractivity contribution < 1.29 is 8.42 Å². The number of rotatable bonds is 5. The zero-order chi connectivity index (χ0) is 15.7. The molecule has 0 bridgehead atoms. The molecule has 1 saturated heterocycles. The molecule has 1 heterocycles. The van der Waals surface area contributed by atoms with E-state index in [1.165, 1.54) is 0 Å². The summed E-state index contributed by atoms with van der Waals surface area (Å²) >= 11 is 0. The molecule has 1 aliphatic heterocycles. The Morgan fingerprint density at radius 3 is 2.52 bits per heavy atom. The van der Waals surface area contributed by atoms with Crippen LogP contribution in [0.3, 0.4) is 0 Å². The van der Waals surface area contributed by atoms with E-state index in [-0.39, 0.29) is 5.41 Å². The van der Waals surface area contributed by atoms with E-state index >= 15 is 0 Å². The fourth-order valence-electron chi connectivity index (χ4n) is 2.62. The minimum Gasteiger partial charge on any atom is -0.310 e. The maximum absolute atomic E-state index is 12.9. The van der Waals surface area contributed by atoms with Crippen molar-refractivity contribution in [2.75, 3.05) is 13.1 Å². The maximum Gasteiger partial charge on any atom is 0.243 e. The van der Waals surface area contributed by atoms with Gasteiger partial charge in [-0.15, -0.1) is 0 Å². The van der Waals surface area contributed by atoms with E-state index in [0.717, 1.165) is 12.0 Å². The second-order valence-electron chi connectivity index (χ2n) is 6.90. The molecule has 2 rings (SSSR count). The van der Waals surface area contributed by atoms with Gasteiger partial charge in [-0.25, -0.2) is 8.42 Å². The lowest BCUT2D eigenvalue weighted by atomic mass is 9.93. The molecule has 1 aromatic carbocycles. The van der Waals surface area contributed by atoms with Gasteiger partial charge in [0.05, 0.1) is 4.90 Å². The number of nitrogens with one attached hydrogen (secondary N) is 1. The first kappa shape index (κ1) is 16.5. The predicted octanol–water partition coefficient (Wildman–Crippen LogP) is 2.61. The Morgan fingerprint density at radius 2 is 1.95 bits per heavy atom. The number of hydrogen-bond donors (Lipinski definition) is 1. The average Bonchev–Trinajstić information content (AvgIpc) is 2.78. The van der Waals surface area contributed by atoms with E-state index in [1.54, 1.807) is 16.4 Å². The Labute approximate surface area is 128 Å². The monoisotopic (exact) mass is 310 g/mol. The predicted molar refractivity (Wildman–Crippen MR) is 85.6 cm³/mol. The van der Waals surface area contributed by atoms with Crippen LogP contribution in [0.1, 0.15) is 39.7 Å². The van der Waals surface area contributed by atoms with Crippen molar-refractivity contribution in [2.45, 2.75) is 51.6 Å². The first-order valence-electron chi connectivity index (χ1n) is 7.54. The molecule has 0 spiro atoms. The highest BCUT2D eigenvalue weighted by Crippen LogP contribution is 2.33. The van der Waals surface area contributed by atoms with Crippen molar-refractivity contribution in [3.63, 3.8) is 0 Å². The molecule has 21 heavy (non-hydrogen) atoms. The van der Waals surface area contributed by atoms with Crippen molar-refractivity contribution in [3.8, 4) is 0 Å². The molecule has 0 amide bonds. The van der Waals surface area contributed by atoms with Crippen LogP contribution in [-0.2, 0) is 16.6 Å². The summed E-state index contributed by atoms with van der Waals surface area (Å²) in [6, 6.07) is 7.63. The molecule has 0 radical (unpaired) electrons. The highest BCUT2D eigenvalue weighted by Gasteiger charge is 2.37. The Hall–Kier alpha value is -0.910. The van der Waals surface area contributed by atoms with Crippen LogP contribution in [-0.4, -0.2) is 31.9 Å². The minimum absolute atomic E-state index is 0.0677. The first-order valence-corrected chi connectivity index (χ1v) is 8.98. The van der Waals surface area contributed by atoms with Gasteiger partial charge in [0, 0.05) is 25.7 Å². The Morgan fingerprint density at radius 1 is 1.29 bits per heavy atom.